The average Bonchev–Trinajstić information content (AvgIpc) is 3.05. The van der Waals surface area contributed by atoms with E-state index in [1.54, 1.807) is 12.5 Å². The van der Waals surface area contributed by atoms with Crippen LogP contribution in [-0.2, 0) is 4.74 Å². The highest BCUT2D eigenvalue weighted by Crippen LogP contribution is 2.55. The van der Waals surface area contributed by atoms with Crippen molar-refractivity contribution in [2.24, 2.45) is 23.7 Å². The zero-order valence-electron chi connectivity index (χ0n) is 13.4. The van der Waals surface area contributed by atoms with Crippen LogP contribution in [-0.4, -0.2) is 25.2 Å². The van der Waals surface area contributed by atoms with Crippen LogP contribution in [0, 0.1) is 23.7 Å². The number of ether oxygens (including phenoxy) is 1. The summed E-state index contributed by atoms with van der Waals surface area (Å²) in [5, 5.41) is 0. The van der Waals surface area contributed by atoms with Gasteiger partial charge in [0.1, 0.15) is 0 Å². The third-order valence-corrected chi connectivity index (χ3v) is 4.77. The van der Waals surface area contributed by atoms with E-state index in [9.17, 15) is 0 Å². The summed E-state index contributed by atoms with van der Waals surface area (Å²) >= 11 is 7.06. The van der Waals surface area contributed by atoms with E-state index in [-0.39, 0.29) is 0 Å². The molecule has 0 aromatic heterocycles. The molecule has 5 atom stereocenters. The molecule has 2 bridgehead atoms. The van der Waals surface area contributed by atoms with Crippen molar-refractivity contribution in [2.45, 2.75) is 59.0 Å². The molecule has 0 N–H and O–H groups in total. The van der Waals surface area contributed by atoms with Gasteiger partial charge in [0, 0.05) is 6.61 Å². The number of thiol groups is 2. The van der Waals surface area contributed by atoms with E-state index in [4.69, 9.17) is 4.74 Å². The Morgan fingerprint density at radius 2 is 1.47 bits per heavy atom. The smallest absolute Gasteiger partial charge is 0.0608 e. The summed E-state index contributed by atoms with van der Waals surface area (Å²) < 4.78 is 6.01. The van der Waals surface area contributed by atoms with Crippen molar-refractivity contribution in [3.8, 4) is 0 Å². The van der Waals surface area contributed by atoms with Crippen molar-refractivity contribution < 1.29 is 4.74 Å². The van der Waals surface area contributed by atoms with Gasteiger partial charge in [0.05, 0.1) is 6.10 Å². The second-order valence-electron chi connectivity index (χ2n) is 5.45. The molecule has 19 heavy (non-hydrogen) atoms. The Balaban J connectivity index is 0.000000741. The highest BCUT2D eigenvalue weighted by molar-refractivity contribution is 7.79. The normalized spacial score (nSPS) is 35.2. The van der Waals surface area contributed by atoms with Crippen molar-refractivity contribution in [1.29, 1.82) is 0 Å². The zero-order chi connectivity index (χ0) is 14.8. The summed E-state index contributed by atoms with van der Waals surface area (Å²) in [7, 11) is 0. The van der Waals surface area contributed by atoms with Crippen molar-refractivity contribution >= 4 is 25.3 Å². The molecule has 0 aromatic carbocycles. The summed E-state index contributed by atoms with van der Waals surface area (Å²) in [5.41, 5.74) is 0. The summed E-state index contributed by atoms with van der Waals surface area (Å²) in [6.07, 6.45) is 10.8. The number of fused-ring (bicyclic) bond motifs is 2. The van der Waals surface area contributed by atoms with Gasteiger partial charge in [-0.25, -0.2) is 0 Å². The average molecular weight is 307 g/mol. The number of hydrogen-bond donors (Lipinski definition) is 2. The van der Waals surface area contributed by atoms with Crippen molar-refractivity contribution in [3.05, 3.63) is 0 Å². The van der Waals surface area contributed by atoms with Gasteiger partial charge in [0.25, 0.3) is 0 Å². The molecule has 2 aliphatic rings. The van der Waals surface area contributed by atoms with E-state index in [1.165, 1.54) is 32.1 Å². The summed E-state index contributed by atoms with van der Waals surface area (Å²) in [4.78, 5) is 0. The maximum atomic E-state index is 6.01. The Morgan fingerprint density at radius 1 is 0.895 bits per heavy atom. The predicted octanol–water partition coefficient (Wildman–Crippen LogP) is 4.97. The van der Waals surface area contributed by atoms with Crippen LogP contribution >= 0.6 is 25.3 Å². The Hall–Kier alpha value is 0.660. The molecular formula is C16H34OS2. The van der Waals surface area contributed by atoms with Crippen LogP contribution in [0.25, 0.3) is 0 Å². The summed E-state index contributed by atoms with van der Waals surface area (Å²) in [6, 6.07) is 0. The lowest BCUT2D eigenvalue weighted by Gasteiger charge is -2.34. The second-order valence-corrected chi connectivity index (χ2v) is 5.45. The van der Waals surface area contributed by atoms with Crippen molar-refractivity contribution in [3.63, 3.8) is 0 Å². The third kappa shape index (κ3) is 4.86. The van der Waals surface area contributed by atoms with Crippen LogP contribution in [0.2, 0.25) is 0 Å². The fraction of sp³-hybridized carbons (Fsp3) is 1.00. The molecule has 2 rings (SSSR count). The molecule has 0 amide bonds. The molecule has 0 heterocycles. The molecule has 0 aromatic rings. The number of hydrogen-bond acceptors (Lipinski definition) is 3. The van der Waals surface area contributed by atoms with Crippen LogP contribution in [0.15, 0.2) is 0 Å². The Kier molecular flexibility index (Phi) is 11.7. The van der Waals surface area contributed by atoms with E-state index in [1.807, 2.05) is 0 Å². The lowest BCUT2D eigenvalue weighted by molar-refractivity contribution is -0.0171. The van der Waals surface area contributed by atoms with Gasteiger partial charge in [-0.3, -0.25) is 0 Å². The largest absolute Gasteiger partial charge is 0.378 e. The molecule has 0 saturated heterocycles. The Morgan fingerprint density at radius 3 is 1.95 bits per heavy atom. The van der Waals surface area contributed by atoms with E-state index < -0.39 is 0 Å². The molecule has 1 nitrogen and oxygen atoms in total. The SMILES string of the molecule is CCCOC1CC2CC1C(CC)C2CC.CS.CS. The van der Waals surface area contributed by atoms with Crippen molar-refractivity contribution in [2.75, 3.05) is 19.1 Å². The van der Waals surface area contributed by atoms with Gasteiger partial charge >= 0.3 is 0 Å². The van der Waals surface area contributed by atoms with Crippen LogP contribution in [0.4, 0.5) is 0 Å². The standard InChI is InChI=1S/C14H26O.2CH4S/c1-4-7-15-14-9-10-8-13(14)12(6-3)11(10)5-2;2*1-2/h10-14H,4-9H2,1-3H3;2*2H,1H3. The molecular weight excluding hydrogens is 272 g/mol. The molecule has 5 unspecified atom stereocenters. The maximum Gasteiger partial charge on any atom is 0.0608 e. The molecule has 116 valence electrons. The highest BCUT2D eigenvalue weighted by atomic mass is 32.1. The summed E-state index contributed by atoms with van der Waals surface area (Å²) in [6.45, 7) is 7.92. The quantitative estimate of drug-likeness (QED) is 0.682. The molecule has 2 fully saturated rings. The van der Waals surface area contributed by atoms with E-state index in [0.717, 1.165) is 30.3 Å². The molecule has 0 spiro atoms. The van der Waals surface area contributed by atoms with Gasteiger partial charge < -0.3 is 4.74 Å². The Bertz CT molecular complexity index is 211. The minimum absolute atomic E-state index is 0.614. The van der Waals surface area contributed by atoms with Crippen LogP contribution in [0.3, 0.4) is 0 Å². The monoisotopic (exact) mass is 306 g/mol. The second kappa shape index (κ2) is 11.3. The van der Waals surface area contributed by atoms with E-state index in [0.29, 0.717) is 6.10 Å². The molecule has 2 aliphatic carbocycles. The predicted molar refractivity (Wildman–Crippen MR) is 93.6 cm³/mol. The van der Waals surface area contributed by atoms with Gasteiger partial charge in [-0.15, -0.1) is 0 Å². The fourth-order valence-corrected chi connectivity index (χ4v) is 4.24. The Labute approximate surface area is 132 Å². The highest BCUT2D eigenvalue weighted by Gasteiger charge is 2.51. The van der Waals surface area contributed by atoms with Gasteiger partial charge in [0.2, 0.25) is 0 Å². The first-order valence-corrected chi connectivity index (χ1v) is 9.61. The van der Waals surface area contributed by atoms with Gasteiger partial charge in [-0.05, 0) is 55.4 Å². The van der Waals surface area contributed by atoms with Crippen LogP contribution in [0.1, 0.15) is 52.9 Å². The first kappa shape index (κ1) is 19.7. The molecule has 3 heteroatoms. The lowest BCUT2D eigenvalue weighted by Crippen LogP contribution is -2.32. The van der Waals surface area contributed by atoms with Crippen LogP contribution < -0.4 is 0 Å². The van der Waals surface area contributed by atoms with Gasteiger partial charge in [-0.2, -0.15) is 25.3 Å². The van der Waals surface area contributed by atoms with Gasteiger partial charge in [-0.1, -0.05) is 33.6 Å². The summed E-state index contributed by atoms with van der Waals surface area (Å²) in [5.74, 6) is 3.88. The first-order chi connectivity index (χ1) is 9.31. The minimum Gasteiger partial charge on any atom is -0.378 e. The molecule has 0 aliphatic heterocycles. The third-order valence-electron chi connectivity index (χ3n) is 4.77. The van der Waals surface area contributed by atoms with E-state index >= 15 is 0 Å². The zero-order valence-corrected chi connectivity index (χ0v) is 15.2. The number of rotatable bonds is 5. The van der Waals surface area contributed by atoms with Gasteiger partial charge in [0.15, 0.2) is 0 Å². The fourth-order valence-electron chi connectivity index (χ4n) is 4.24. The lowest BCUT2D eigenvalue weighted by atomic mass is 9.75. The topological polar surface area (TPSA) is 9.23 Å². The molecule has 2 saturated carbocycles. The van der Waals surface area contributed by atoms with E-state index in [2.05, 4.69) is 46.0 Å². The molecule has 0 radical (unpaired) electrons. The van der Waals surface area contributed by atoms with Crippen molar-refractivity contribution in [1.82, 2.24) is 0 Å². The maximum absolute atomic E-state index is 6.01. The first-order valence-electron chi connectivity index (χ1n) is 7.82. The minimum atomic E-state index is 0.614. The van der Waals surface area contributed by atoms with Crippen LogP contribution in [0.5, 0.6) is 0 Å².